The molecule has 156 valence electrons. The summed E-state index contributed by atoms with van der Waals surface area (Å²) in [7, 11) is 0. The maximum absolute atomic E-state index is 12.9. The number of benzene rings is 2. The van der Waals surface area contributed by atoms with E-state index in [-0.39, 0.29) is 18.4 Å². The molecule has 2 heterocycles. The summed E-state index contributed by atoms with van der Waals surface area (Å²) in [6.07, 6.45) is 3.29. The Kier molecular flexibility index (Phi) is 5.74. The van der Waals surface area contributed by atoms with Gasteiger partial charge >= 0.3 is 12.0 Å². The van der Waals surface area contributed by atoms with Crippen LogP contribution in [0.2, 0.25) is 0 Å². The Morgan fingerprint density at radius 3 is 2.60 bits per heavy atom. The van der Waals surface area contributed by atoms with Crippen LogP contribution in [0.1, 0.15) is 30.5 Å². The number of anilines is 1. The Bertz CT molecular complexity index is 1070. The normalized spacial score (nSPS) is 13.2. The largest absolute Gasteiger partial charge is 0.466 e. The number of nitrogens with zero attached hydrogens (tertiary/aromatic N) is 2. The van der Waals surface area contributed by atoms with Crippen LogP contribution in [0, 0.1) is 0 Å². The highest BCUT2D eigenvalue weighted by molar-refractivity contribution is 5.92. The van der Waals surface area contributed by atoms with Crippen molar-refractivity contribution in [2.24, 2.45) is 0 Å². The summed E-state index contributed by atoms with van der Waals surface area (Å²) in [6, 6.07) is 13.6. The van der Waals surface area contributed by atoms with E-state index < -0.39 is 0 Å². The van der Waals surface area contributed by atoms with Gasteiger partial charge in [-0.05, 0) is 55.2 Å². The van der Waals surface area contributed by atoms with Crippen molar-refractivity contribution in [1.29, 1.82) is 0 Å². The molecular weight excluding hydrogens is 378 g/mol. The van der Waals surface area contributed by atoms with Crippen molar-refractivity contribution in [2.75, 3.05) is 18.5 Å². The third-order valence-electron chi connectivity index (χ3n) is 5.57. The van der Waals surface area contributed by atoms with Gasteiger partial charge in [0.25, 0.3) is 0 Å². The molecule has 3 aromatic rings. The molecule has 1 aliphatic heterocycles. The van der Waals surface area contributed by atoms with Crippen LogP contribution in [0.4, 0.5) is 10.5 Å². The number of rotatable bonds is 5. The number of amides is 2. The Balaban J connectivity index is 1.45. The lowest BCUT2D eigenvalue weighted by molar-refractivity contribution is -0.142. The van der Waals surface area contributed by atoms with E-state index in [2.05, 4.69) is 41.2 Å². The van der Waals surface area contributed by atoms with Gasteiger partial charge in [-0.25, -0.2) is 4.79 Å². The van der Waals surface area contributed by atoms with Gasteiger partial charge in [-0.1, -0.05) is 24.3 Å². The van der Waals surface area contributed by atoms with Gasteiger partial charge in [0.1, 0.15) is 0 Å². The predicted octanol–water partition coefficient (Wildman–Crippen LogP) is 4.36. The third kappa shape index (κ3) is 4.03. The summed E-state index contributed by atoms with van der Waals surface area (Å²) in [5.74, 6) is -0.246. The van der Waals surface area contributed by atoms with E-state index in [0.29, 0.717) is 25.4 Å². The van der Waals surface area contributed by atoms with Gasteiger partial charge in [-0.15, -0.1) is 0 Å². The second-order valence-corrected chi connectivity index (χ2v) is 7.53. The summed E-state index contributed by atoms with van der Waals surface area (Å²) in [6.45, 7) is 6.52. The number of esters is 1. The molecule has 6 nitrogen and oxygen atoms in total. The SMILES string of the molecule is CCOC(=O)Cc1ccc(NC(=O)N2CCc3cn(CC)c4cccc(c34)C2)cc1. The molecule has 0 spiro atoms. The van der Waals surface area contributed by atoms with Crippen molar-refractivity contribution < 1.29 is 14.3 Å². The fourth-order valence-electron chi connectivity index (χ4n) is 4.10. The van der Waals surface area contributed by atoms with Crippen molar-refractivity contribution in [3.63, 3.8) is 0 Å². The number of aromatic nitrogens is 1. The molecule has 0 saturated heterocycles. The quantitative estimate of drug-likeness (QED) is 0.642. The maximum atomic E-state index is 12.9. The van der Waals surface area contributed by atoms with E-state index in [4.69, 9.17) is 4.74 Å². The zero-order valence-electron chi connectivity index (χ0n) is 17.5. The Labute approximate surface area is 176 Å². The molecule has 0 saturated carbocycles. The number of nitrogens with one attached hydrogen (secondary N) is 1. The van der Waals surface area contributed by atoms with Crippen LogP contribution in [0.5, 0.6) is 0 Å². The van der Waals surface area contributed by atoms with Crippen LogP contribution < -0.4 is 5.32 Å². The van der Waals surface area contributed by atoms with Gasteiger partial charge in [0, 0.05) is 42.4 Å². The monoisotopic (exact) mass is 405 g/mol. The van der Waals surface area contributed by atoms with Gasteiger partial charge in [-0.2, -0.15) is 0 Å². The average molecular weight is 405 g/mol. The van der Waals surface area contributed by atoms with Crippen LogP contribution >= 0.6 is 0 Å². The lowest BCUT2D eigenvalue weighted by Gasteiger charge is -2.22. The van der Waals surface area contributed by atoms with Crippen LogP contribution in [-0.4, -0.2) is 34.6 Å². The summed E-state index contributed by atoms with van der Waals surface area (Å²) >= 11 is 0. The molecule has 0 bridgehead atoms. The topological polar surface area (TPSA) is 63.6 Å². The molecular formula is C24H27N3O3. The van der Waals surface area contributed by atoms with E-state index in [1.165, 1.54) is 22.0 Å². The molecule has 0 radical (unpaired) electrons. The minimum atomic E-state index is -0.246. The summed E-state index contributed by atoms with van der Waals surface area (Å²) in [4.78, 5) is 26.4. The lowest BCUT2D eigenvalue weighted by atomic mass is 10.1. The summed E-state index contributed by atoms with van der Waals surface area (Å²) in [5, 5.41) is 4.27. The molecule has 2 amide bonds. The Morgan fingerprint density at radius 2 is 1.87 bits per heavy atom. The minimum absolute atomic E-state index is 0.112. The summed E-state index contributed by atoms with van der Waals surface area (Å²) in [5.41, 5.74) is 5.31. The molecule has 1 aliphatic rings. The van der Waals surface area contributed by atoms with Crippen LogP contribution in [0.3, 0.4) is 0 Å². The Morgan fingerprint density at radius 1 is 1.07 bits per heavy atom. The first kappa shape index (κ1) is 20.0. The zero-order chi connectivity index (χ0) is 21.1. The van der Waals surface area contributed by atoms with E-state index >= 15 is 0 Å². The van der Waals surface area contributed by atoms with Gasteiger partial charge in [0.2, 0.25) is 0 Å². The number of hydrogen-bond acceptors (Lipinski definition) is 3. The highest BCUT2D eigenvalue weighted by atomic mass is 16.5. The second kappa shape index (κ2) is 8.61. The molecule has 4 rings (SSSR count). The van der Waals surface area contributed by atoms with Crippen LogP contribution in [0.25, 0.3) is 10.9 Å². The molecule has 0 fully saturated rings. The first-order valence-corrected chi connectivity index (χ1v) is 10.5. The fraction of sp³-hybridized carbons (Fsp3) is 0.333. The van der Waals surface area contributed by atoms with E-state index in [1.807, 2.05) is 29.2 Å². The van der Waals surface area contributed by atoms with Gasteiger partial charge in [-0.3, -0.25) is 4.79 Å². The molecule has 0 atom stereocenters. The standard InChI is InChI=1S/C24H27N3O3/c1-3-26-15-19-12-13-27(16-18-6-5-7-21(26)23(18)19)24(29)25-20-10-8-17(9-11-20)14-22(28)30-4-2/h5-11,15H,3-4,12-14,16H2,1-2H3,(H,25,29). The molecule has 2 aromatic carbocycles. The van der Waals surface area contributed by atoms with Crippen molar-refractivity contribution in [3.05, 3.63) is 65.4 Å². The van der Waals surface area contributed by atoms with Crippen LogP contribution in [-0.2, 0) is 35.5 Å². The van der Waals surface area contributed by atoms with Gasteiger partial charge in [0.15, 0.2) is 0 Å². The number of ether oxygens (including phenoxy) is 1. The Hall–Kier alpha value is -3.28. The van der Waals surface area contributed by atoms with Crippen molar-refractivity contribution in [1.82, 2.24) is 9.47 Å². The first-order valence-electron chi connectivity index (χ1n) is 10.5. The highest BCUT2D eigenvalue weighted by Gasteiger charge is 2.22. The lowest BCUT2D eigenvalue weighted by Crippen LogP contribution is -2.35. The second-order valence-electron chi connectivity index (χ2n) is 7.53. The smallest absolute Gasteiger partial charge is 0.322 e. The maximum Gasteiger partial charge on any atom is 0.322 e. The fourth-order valence-corrected chi connectivity index (χ4v) is 4.10. The minimum Gasteiger partial charge on any atom is -0.466 e. The molecule has 30 heavy (non-hydrogen) atoms. The number of carbonyl (C=O) groups is 2. The summed E-state index contributed by atoms with van der Waals surface area (Å²) < 4.78 is 7.25. The predicted molar refractivity (Wildman–Crippen MR) is 118 cm³/mol. The molecule has 1 N–H and O–H groups in total. The molecule has 0 unspecified atom stereocenters. The zero-order valence-corrected chi connectivity index (χ0v) is 17.5. The number of carbonyl (C=O) groups excluding carboxylic acids is 2. The number of urea groups is 1. The van der Waals surface area contributed by atoms with Crippen molar-refractivity contribution >= 4 is 28.6 Å². The first-order chi connectivity index (χ1) is 14.6. The van der Waals surface area contributed by atoms with Crippen molar-refractivity contribution in [3.8, 4) is 0 Å². The van der Waals surface area contributed by atoms with E-state index in [1.54, 1.807) is 6.92 Å². The van der Waals surface area contributed by atoms with E-state index in [9.17, 15) is 9.59 Å². The molecule has 1 aromatic heterocycles. The molecule has 6 heteroatoms. The van der Waals surface area contributed by atoms with E-state index in [0.717, 1.165) is 18.5 Å². The van der Waals surface area contributed by atoms with Gasteiger partial charge in [0.05, 0.1) is 13.0 Å². The van der Waals surface area contributed by atoms with Crippen LogP contribution in [0.15, 0.2) is 48.7 Å². The number of aryl methyl sites for hydroxylation is 1. The third-order valence-corrected chi connectivity index (χ3v) is 5.57. The highest BCUT2D eigenvalue weighted by Crippen LogP contribution is 2.29. The van der Waals surface area contributed by atoms with Crippen molar-refractivity contribution in [2.45, 2.75) is 39.8 Å². The average Bonchev–Trinajstić information content (AvgIpc) is 3.00. The molecule has 0 aliphatic carbocycles. The number of hydrogen-bond donors (Lipinski definition) is 1. The van der Waals surface area contributed by atoms with Gasteiger partial charge < -0.3 is 19.5 Å².